The molecule has 3 N–H and O–H groups in total. The molecule has 0 fully saturated rings. The molecular weight excluding hydrogens is 388 g/mol. The van der Waals surface area contributed by atoms with E-state index < -0.39 is 11.8 Å². The molecule has 0 bridgehead atoms. The molecule has 0 spiro atoms. The molecule has 1 heterocycles. The third-order valence-electron chi connectivity index (χ3n) is 3.33. The summed E-state index contributed by atoms with van der Waals surface area (Å²) >= 11 is 3.13. The number of amides is 2. The number of anilines is 2. The second-order valence-corrected chi connectivity index (χ2v) is 5.89. The highest BCUT2D eigenvalue weighted by Gasteiger charge is 2.13. The largest absolute Gasteiger partial charge is 0.506 e. The lowest BCUT2D eigenvalue weighted by atomic mass is 10.1. The number of para-hydroxylation sites is 2. The smallest absolute Gasteiger partial charge is 0.291 e. The first-order chi connectivity index (χ1) is 12.0. The van der Waals surface area contributed by atoms with Crippen LogP contribution in [0.5, 0.6) is 5.75 Å². The Hall–Kier alpha value is -3.06. The molecule has 0 radical (unpaired) electrons. The van der Waals surface area contributed by atoms with Crippen LogP contribution >= 0.6 is 15.9 Å². The van der Waals surface area contributed by atoms with E-state index in [0.717, 1.165) is 0 Å². The van der Waals surface area contributed by atoms with E-state index in [0.29, 0.717) is 21.6 Å². The normalized spacial score (nSPS) is 10.3. The monoisotopic (exact) mass is 400 g/mol. The van der Waals surface area contributed by atoms with Crippen molar-refractivity contribution in [1.29, 1.82) is 0 Å². The van der Waals surface area contributed by atoms with Crippen LogP contribution in [0.4, 0.5) is 11.4 Å². The molecule has 0 atom stereocenters. The van der Waals surface area contributed by atoms with Gasteiger partial charge in [-0.3, -0.25) is 9.59 Å². The Morgan fingerprint density at radius 3 is 2.44 bits per heavy atom. The molecule has 3 aromatic rings. The third-order valence-corrected chi connectivity index (χ3v) is 3.76. The lowest BCUT2D eigenvalue weighted by Gasteiger charge is -2.09. The van der Waals surface area contributed by atoms with Crippen LogP contribution in [0.15, 0.2) is 69.8 Å². The molecule has 0 saturated heterocycles. The van der Waals surface area contributed by atoms with Crippen molar-refractivity contribution in [3.63, 3.8) is 0 Å². The first-order valence-electron chi connectivity index (χ1n) is 7.29. The van der Waals surface area contributed by atoms with Crippen molar-refractivity contribution in [2.75, 3.05) is 10.6 Å². The van der Waals surface area contributed by atoms with Gasteiger partial charge in [-0.1, -0.05) is 18.2 Å². The zero-order valence-corrected chi connectivity index (χ0v) is 14.4. The number of aromatic hydroxyl groups is 1. The van der Waals surface area contributed by atoms with Crippen LogP contribution in [0.1, 0.15) is 20.9 Å². The molecule has 2 aromatic carbocycles. The van der Waals surface area contributed by atoms with Crippen molar-refractivity contribution >= 4 is 39.1 Å². The minimum Gasteiger partial charge on any atom is -0.506 e. The molecule has 3 rings (SSSR count). The Bertz CT molecular complexity index is 936. The van der Waals surface area contributed by atoms with Gasteiger partial charge in [0.05, 0.1) is 5.69 Å². The van der Waals surface area contributed by atoms with Gasteiger partial charge < -0.3 is 20.2 Å². The summed E-state index contributed by atoms with van der Waals surface area (Å²) in [6.07, 6.45) is 0. The summed E-state index contributed by atoms with van der Waals surface area (Å²) < 4.78 is 5.64. The quantitative estimate of drug-likeness (QED) is 0.570. The van der Waals surface area contributed by atoms with E-state index in [1.54, 1.807) is 42.5 Å². The molecule has 0 saturated carbocycles. The van der Waals surface area contributed by atoms with E-state index in [4.69, 9.17) is 4.42 Å². The number of phenols is 1. The van der Waals surface area contributed by atoms with Gasteiger partial charge in [-0.25, -0.2) is 0 Å². The predicted molar refractivity (Wildman–Crippen MR) is 96.9 cm³/mol. The number of carbonyl (C=O) groups is 2. The number of furan rings is 1. The summed E-state index contributed by atoms with van der Waals surface area (Å²) in [4.78, 5) is 24.4. The lowest BCUT2D eigenvalue weighted by molar-refractivity contribution is 0.0992. The molecule has 0 aliphatic carbocycles. The van der Waals surface area contributed by atoms with Gasteiger partial charge >= 0.3 is 0 Å². The molecule has 126 valence electrons. The second-order valence-electron chi connectivity index (χ2n) is 5.11. The van der Waals surface area contributed by atoms with Crippen LogP contribution in [-0.2, 0) is 0 Å². The lowest BCUT2D eigenvalue weighted by Crippen LogP contribution is -2.14. The van der Waals surface area contributed by atoms with Gasteiger partial charge in [-0.05, 0) is 58.4 Å². The van der Waals surface area contributed by atoms with Gasteiger partial charge in [0.1, 0.15) is 5.75 Å². The molecular formula is C18H13BrN2O4. The Morgan fingerprint density at radius 1 is 0.920 bits per heavy atom. The van der Waals surface area contributed by atoms with Crippen LogP contribution in [0, 0.1) is 0 Å². The van der Waals surface area contributed by atoms with Crippen LogP contribution in [0.2, 0.25) is 0 Å². The zero-order chi connectivity index (χ0) is 17.8. The van der Waals surface area contributed by atoms with Gasteiger partial charge in [0, 0.05) is 11.3 Å². The molecule has 25 heavy (non-hydrogen) atoms. The van der Waals surface area contributed by atoms with Gasteiger partial charge in [0.15, 0.2) is 10.4 Å². The summed E-state index contributed by atoms with van der Waals surface area (Å²) in [6, 6.07) is 16.0. The Balaban J connectivity index is 1.74. The fourth-order valence-electron chi connectivity index (χ4n) is 2.14. The van der Waals surface area contributed by atoms with Gasteiger partial charge in [0.25, 0.3) is 11.8 Å². The third kappa shape index (κ3) is 4.07. The highest BCUT2D eigenvalue weighted by atomic mass is 79.9. The maximum absolute atomic E-state index is 12.3. The zero-order valence-electron chi connectivity index (χ0n) is 12.8. The number of rotatable bonds is 4. The average Bonchev–Trinajstić information content (AvgIpc) is 3.04. The minimum atomic E-state index is -0.427. The van der Waals surface area contributed by atoms with E-state index in [9.17, 15) is 14.7 Å². The van der Waals surface area contributed by atoms with Crippen molar-refractivity contribution in [2.24, 2.45) is 0 Å². The van der Waals surface area contributed by atoms with Crippen LogP contribution in [-0.4, -0.2) is 16.9 Å². The van der Waals surface area contributed by atoms with E-state index in [2.05, 4.69) is 26.6 Å². The highest BCUT2D eigenvalue weighted by molar-refractivity contribution is 9.10. The van der Waals surface area contributed by atoms with Crippen LogP contribution < -0.4 is 10.6 Å². The maximum atomic E-state index is 12.3. The average molecular weight is 401 g/mol. The van der Waals surface area contributed by atoms with Crippen molar-refractivity contribution in [1.82, 2.24) is 0 Å². The number of halogens is 1. The number of phenolic OH excluding ortho intramolecular Hbond substituents is 1. The number of benzene rings is 2. The Morgan fingerprint density at radius 2 is 1.72 bits per heavy atom. The summed E-state index contributed by atoms with van der Waals surface area (Å²) in [5.74, 6) is -0.707. The maximum Gasteiger partial charge on any atom is 0.291 e. The second kappa shape index (κ2) is 7.23. The Kier molecular flexibility index (Phi) is 4.85. The first-order valence-corrected chi connectivity index (χ1v) is 8.08. The molecule has 2 amide bonds. The molecule has 6 nitrogen and oxygen atoms in total. The molecule has 7 heteroatoms. The predicted octanol–water partition coefficient (Wildman–Crippen LogP) is 4.25. The Labute approximate surface area is 151 Å². The number of hydrogen-bond acceptors (Lipinski definition) is 4. The summed E-state index contributed by atoms with van der Waals surface area (Å²) in [5.41, 5.74) is 1.09. The summed E-state index contributed by atoms with van der Waals surface area (Å²) in [5, 5.41) is 15.0. The molecule has 1 aromatic heterocycles. The fourth-order valence-corrected chi connectivity index (χ4v) is 2.45. The van der Waals surface area contributed by atoms with Gasteiger partial charge in [-0.2, -0.15) is 0 Å². The van der Waals surface area contributed by atoms with Crippen molar-refractivity contribution in [3.8, 4) is 5.75 Å². The molecule has 0 aliphatic rings. The first kappa shape index (κ1) is 16.8. The van der Waals surface area contributed by atoms with E-state index in [1.807, 2.05) is 0 Å². The molecule has 0 aliphatic heterocycles. The number of hydrogen-bond donors (Lipinski definition) is 3. The van der Waals surface area contributed by atoms with Gasteiger partial charge in [0.2, 0.25) is 0 Å². The van der Waals surface area contributed by atoms with Crippen molar-refractivity contribution in [2.45, 2.75) is 0 Å². The summed E-state index contributed by atoms with van der Waals surface area (Å²) in [7, 11) is 0. The minimum absolute atomic E-state index is 0.0243. The van der Waals surface area contributed by atoms with Crippen molar-refractivity contribution < 1.29 is 19.1 Å². The van der Waals surface area contributed by atoms with E-state index >= 15 is 0 Å². The topological polar surface area (TPSA) is 91.6 Å². The molecule has 0 unspecified atom stereocenters. The van der Waals surface area contributed by atoms with Crippen LogP contribution in [0.25, 0.3) is 0 Å². The fraction of sp³-hybridized carbons (Fsp3) is 0. The van der Waals surface area contributed by atoms with E-state index in [1.165, 1.54) is 18.2 Å². The number of nitrogens with one attached hydrogen (secondary N) is 2. The SMILES string of the molecule is O=C(Nc1ccccc1O)c1cccc(NC(=O)c2ccc(Br)o2)c1. The highest BCUT2D eigenvalue weighted by Crippen LogP contribution is 2.23. The standard InChI is InChI=1S/C18H13BrN2O4/c19-16-9-8-15(25-16)18(24)20-12-5-3-4-11(10-12)17(23)21-13-6-1-2-7-14(13)22/h1-10,22H,(H,20,24)(H,21,23). The summed E-state index contributed by atoms with van der Waals surface area (Å²) in [6.45, 7) is 0. The van der Waals surface area contributed by atoms with Crippen LogP contribution in [0.3, 0.4) is 0 Å². The number of carbonyl (C=O) groups excluding carboxylic acids is 2. The van der Waals surface area contributed by atoms with E-state index in [-0.39, 0.29) is 11.5 Å². The van der Waals surface area contributed by atoms with Crippen molar-refractivity contribution in [3.05, 3.63) is 76.7 Å². The van der Waals surface area contributed by atoms with Gasteiger partial charge in [-0.15, -0.1) is 0 Å².